The number of hydrogen-bond donors (Lipinski definition) is 1. The largest absolute Gasteiger partial charge is 0.378 e. The van der Waals surface area contributed by atoms with Crippen LogP contribution < -0.4 is 15.1 Å². The van der Waals surface area contributed by atoms with Crippen molar-refractivity contribution in [3.05, 3.63) is 108 Å². The normalized spacial score (nSPS) is 20.0. The van der Waals surface area contributed by atoms with Gasteiger partial charge in [0.1, 0.15) is 6.04 Å². The predicted octanol–water partition coefficient (Wildman–Crippen LogP) is 5.19. The minimum Gasteiger partial charge on any atom is -0.378 e. The molecule has 0 saturated carbocycles. The van der Waals surface area contributed by atoms with E-state index >= 15 is 0 Å². The van der Waals surface area contributed by atoms with Gasteiger partial charge in [0, 0.05) is 48.2 Å². The van der Waals surface area contributed by atoms with Crippen molar-refractivity contribution in [2.45, 2.75) is 19.0 Å². The average molecular weight is 496 g/mol. The minimum atomic E-state index is -0.0877. The summed E-state index contributed by atoms with van der Waals surface area (Å²) in [7, 11) is 0. The Morgan fingerprint density at radius 3 is 2.39 bits per heavy atom. The van der Waals surface area contributed by atoms with Gasteiger partial charge in [-0.1, -0.05) is 24.3 Å². The molecule has 0 amide bonds. The molecule has 7 heteroatoms. The molecule has 2 atom stereocenters. The van der Waals surface area contributed by atoms with Gasteiger partial charge in [0.25, 0.3) is 0 Å². The second-order valence-electron chi connectivity index (χ2n) is 9.20. The van der Waals surface area contributed by atoms with Crippen molar-refractivity contribution in [1.82, 2.24) is 14.9 Å². The first-order valence-corrected chi connectivity index (χ1v) is 12.8. The van der Waals surface area contributed by atoms with Crippen LogP contribution in [-0.2, 0) is 4.74 Å². The van der Waals surface area contributed by atoms with E-state index in [2.05, 4.69) is 99.5 Å². The van der Waals surface area contributed by atoms with Gasteiger partial charge in [0.2, 0.25) is 0 Å². The molecule has 0 unspecified atom stereocenters. The molecule has 182 valence electrons. The van der Waals surface area contributed by atoms with Crippen molar-refractivity contribution in [1.29, 1.82) is 0 Å². The van der Waals surface area contributed by atoms with E-state index in [1.807, 2.05) is 18.3 Å². The third-order valence-corrected chi connectivity index (χ3v) is 7.38. The number of benzene rings is 2. The second-order valence-corrected chi connectivity index (χ2v) is 9.59. The predicted molar refractivity (Wildman–Crippen MR) is 148 cm³/mol. The number of hydrogen-bond acceptors (Lipinski definition) is 4. The first-order chi connectivity index (χ1) is 17.7. The van der Waals surface area contributed by atoms with Crippen LogP contribution in [0.3, 0.4) is 0 Å². The van der Waals surface area contributed by atoms with Gasteiger partial charge in [-0.05, 0) is 79.3 Å². The van der Waals surface area contributed by atoms with E-state index in [-0.39, 0.29) is 12.1 Å². The lowest BCUT2D eigenvalue weighted by Crippen LogP contribution is -2.36. The third kappa shape index (κ3) is 4.14. The van der Waals surface area contributed by atoms with E-state index < -0.39 is 0 Å². The maximum Gasteiger partial charge on any atom is 0.174 e. The highest BCUT2D eigenvalue weighted by atomic mass is 32.1. The van der Waals surface area contributed by atoms with Crippen LogP contribution in [0, 0.1) is 6.92 Å². The summed E-state index contributed by atoms with van der Waals surface area (Å²) >= 11 is 5.95. The molecular formula is C29H29N5OS. The zero-order chi connectivity index (χ0) is 24.5. The molecule has 6 nitrogen and oxygen atoms in total. The molecule has 0 radical (unpaired) electrons. The van der Waals surface area contributed by atoms with Crippen LogP contribution in [0.1, 0.15) is 29.0 Å². The fourth-order valence-electron chi connectivity index (χ4n) is 5.27. The van der Waals surface area contributed by atoms with Crippen molar-refractivity contribution in [2.75, 3.05) is 36.1 Å². The van der Waals surface area contributed by atoms with E-state index in [4.69, 9.17) is 21.9 Å². The van der Waals surface area contributed by atoms with Crippen LogP contribution in [0.4, 0.5) is 11.4 Å². The molecule has 1 N–H and O–H groups in total. The van der Waals surface area contributed by atoms with Gasteiger partial charge in [-0.15, -0.1) is 0 Å². The Hall–Kier alpha value is -3.68. The number of nitrogens with one attached hydrogen (secondary N) is 1. The number of aryl methyl sites for hydroxylation is 1. The van der Waals surface area contributed by atoms with Crippen molar-refractivity contribution < 1.29 is 4.74 Å². The van der Waals surface area contributed by atoms with Gasteiger partial charge in [0.15, 0.2) is 5.11 Å². The number of ether oxygens (including phenoxy) is 1. The Morgan fingerprint density at radius 1 is 0.889 bits per heavy atom. The summed E-state index contributed by atoms with van der Waals surface area (Å²) in [6.45, 7) is 5.51. The van der Waals surface area contributed by atoms with Crippen LogP contribution in [0.2, 0.25) is 0 Å². The fraction of sp³-hybridized carbons (Fsp3) is 0.241. The maximum atomic E-state index is 5.95. The first kappa shape index (κ1) is 22.8. The molecule has 4 aromatic rings. The number of pyridine rings is 1. The lowest BCUT2D eigenvalue weighted by Gasteiger charge is -2.31. The topological polar surface area (TPSA) is 45.6 Å². The molecule has 0 spiro atoms. The smallest absolute Gasteiger partial charge is 0.174 e. The van der Waals surface area contributed by atoms with Gasteiger partial charge in [-0.3, -0.25) is 4.98 Å². The van der Waals surface area contributed by atoms with Crippen LogP contribution in [0.15, 0.2) is 91.3 Å². The number of aromatic nitrogens is 2. The number of nitrogens with zero attached hydrogens (tertiary/aromatic N) is 4. The first-order valence-electron chi connectivity index (χ1n) is 12.4. The highest BCUT2D eigenvalue weighted by Crippen LogP contribution is 2.42. The number of thiocarbonyl (C=S) groups is 1. The van der Waals surface area contributed by atoms with Crippen molar-refractivity contribution >= 4 is 28.7 Å². The molecule has 2 saturated heterocycles. The second kappa shape index (κ2) is 9.76. The summed E-state index contributed by atoms with van der Waals surface area (Å²) in [4.78, 5) is 9.31. The zero-order valence-corrected chi connectivity index (χ0v) is 21.1. The Morgan fingerprint density at radius 2 is 1.64 bits per heavy atom. The third-order valence-electron chi connectivity index (χ3n) is 7.06. The quantitative estimate of drug-likeness (QED) is 0.384. The number of para-hydroxylation sites is 1. The molecule has 2 fully saturated rings. The zero-order valence-electron chi connectivity index (χ0n) is 20.2. The molecule has 2 aromatic heterocycles. The molecule has 0 bridgehead atoms. The van der Waals surface area contributed by atoms with Gasteiger partial charge in [-0.2, -0.15) is 0 Å². The van der Waals surface area contributed by atoms with Gasteiger partial charge < -0.3 is 24.4 Å². The molecule has 4 heterocycles. The standard InChI is InChI=1S/C29H29N5OS/c1-21-7-2-3-9-25(21)33-16-6-10-26(33)28-27(24-8-4-5-15-30-24)31-29(36)34(28)23-13-11-22(12-14-23)32-17-19-35-20-18-32/h2-16,27-28H,17-20H2,1H3,(H,31,36)/t27-,28-/m0/s1. The van der Waals surface area contributed by atoms with E-state index in [9.17, 15) is 0 Å². The van der Waals surface area contributed by atoms with Crippen LogP contribution in [0.25, 0.3) is 5.69 Å². The summed E-state index contributed by atoms with van der Waals surface area (Å²) < 4.78 is 7.80. The molecule has 2 aromatic carbocycles. The Balaban J connectivity index is 1.43. The average Bonchev–Trinajstić information content (AvgIpc) is 3.54. The number of morpholine rings is 1. The number of rotatable bonds is 5. The van der Waals surface area contributed by atoms with E-state index in [0.29, 0.717) is 5.11 Å². The summed E-state index contributed by atoms with van der Waals surface area (Å²) in [6.07, 6.45) is 3.98. The molecule has 6 rings (SSSR count). The summed E-state index contributed by atoms with van der Waals surface area (Å²) in [5.41, 5.74) is 6.78. The molecule has 0 aliphatic carbocycles. The van der Waals surface area contributed by atoms with Crippen LogP contribution in [-0.4, -0.2) is 41.0 Å². The van der Waals surface area contributed by atoms with Crippen LogP contribution >= 0.6 is 12.2 Å². The van der Waals surface area contributed by atoms with Crippen molar-refractivity contribution in [3.8, 4) is 5.69 Å². The SMILES string of the molecule is Cc1ccccc1-n1cccc1[C@H]1[C@H](c2ccccn2)NC(=S)N1c1ccc(N2CCOCC2)cc1. The van der Waals surface area contributed by atoms with Gasteiger partial charge in [0.05, 0.1) is 24.9 Å². The van der Waals surface area contributed by atoms with Crippen LogP contribution in [0.5, 0.6) is 0 Å². The summed E-state index contributed by atoms with van der Waals surface area (Å²) in [5, 5.41) is 4.28. The monoisotopic (exact) mass is 495 g/mol. The molecule has 2 aliphatic heterocycles. The molecule has 2 aliphatic rings. The number of anilines is 2. The molecule has 36 heavy (non-hydrogen) atoms. The van der Waals surface area contributed by atoms with Gasteiger partial charge >= 0.3 is 0 Å². The highest BCUT2D eigenvalue weighted by Gasteiger charge is 2.42. The Kier molecular flexibility index (Phi) is 6.17. The van der Waals surface area contributed by atoms with Crippen molar-refractivity contribution in [3.63, 3.8) is 0 Å². The van der Waals surface area contributed by atoms with Gasteiger partial charge in [-0.25, -0.2) is 0 Å². The maximum absolute atomic E-state index is 5.95. The Labute approximate surface area is 217 Å². The van der Waals surface area contributed by atoms with Crippen molar-refractivity contribution in [2.24, 2.45) is 0 Å². The Bertz CT molecular complexity index is 1350. The molecular weight excluding hydrogens is 466 g/mol. The van der Waals surface area contributed by atoms with E-state index in [1.165, 1.54) is 11.3 Å². The fourth-order valence-corrected chi connectivity index (χ4v) is 5.61. The highest BCUT2D eigenvalue weighted by molar-refractivity contribution is 7.80. The lowest BCUT2D eigenvalue weighted by atomic mass is 10.0. The van der Waals surface area contributed by atoms with E-state index in [0.717, 1.165) is 49.1 Å². The minimum absolute atomic E-state index is 0.0729. The summed E-state index contributed by atoms with van der Waals surface area (Å²) in [5.74, 6) is 0. The summed E-state index contributed by atoms with van der Waals surface area (Å²) in [6, 6.07) is 27.4. The lowest BCUT2D eigenvalue weighted by molar-refractivity contribution is 0.122. The van der Waals surface area contributed by atoms with E-state index in [1.54, 1.807) is 0 Å².